The van der Waals surface area contributed by atoms with Crippen LogP contribution >= 0.6 is 0 Å². The molecule has 62 valence electrons. The summed E-state index contributed by atoms with van der Waals surface area (Å²) >= 11 is 0. The molecule has 0 aliphatic carbocycles. The SMILES string of the molecule is CO/N=C(C)/C(=N/O)C(C)=O. The van der Waals surface area contributed by atoms with Crippen molar-refractivity contribution < 1.29 is 14.8 Å². The topological polar surface area (TPSA) is 71.2 Å². The molecule has 0 amide bonds. The highest BCUT2D eigenvalue weighted by Gasteiger charge is 2.10. The van der Waals surface area contributed by atoms with Crippen molar-refractivity contribution >= 4 is 17.2 Å². The molecule has 0 aromatic rings. The minimum absolute atomic E-state index is 0.0909. The molecular weight excluding hydrogens is 148 g/mol. The summed E-state index contributed by atoms with van der Waals surface area (Å²) in [6.07, 6.45) is 0. The van der Waals surface area contributed by atoms with E-state index in [1.54, 1.807) is 0 Å². The van der Waals surface area contributed by atoms with Gasteiger partial charge in [0.1, 0.15) is 12.8 Å². The molecule has 0 aliphatic heterocycles. The van der Waals surface area contributed by atoms with Crippen molar-refractivity contribution in [1.82, 2.24) is 0 Å². The van der Waals surface area contributed by atoms with Crippen molar-refractivity contribution in [3.05, 3.63) is 0 Å². The van der Waals surface area contributed by atoms with E-state index in [4.69, 9.17) is 5.21 Å². The van der Waals surface area contributed by atoms with Crippen molar-refractivity contribution in [2.75, 3.05) is 7.11 Å². The van der Waals surface area contributed by atoms with Gasteiger partial charge in [0.2, 0.25) is 0 Å². The Morgan fingerprint density at radius 1 is 1.45 bits per heavy atom. The number of Topliss-reactive ketones (excluding diaryl/α,β-unsaturated/α-hetero) is 1. The number of nitrogens with zero attached hydrogens (tertiary/aromatic N) is 2. The molecule has 5 nitrogen and oxygen atoms in total. The van der Waals surface area contributed by atoms with Crippen molar-refractivity contribution in [2.24, 2.45) is 10.3 Å². The van der Waals surface area contributed by atoms with E-state index in [0.717, 1.165) is 0 Å². The van der Waals surface area contributed by atoms with Gasteiger partial charge in [0, 0.05) is 6.92 Å². The van der Waals surface area contributed by atoms with E-state index in [1.165, 1.54) is 21.0 Å². The van der Waals surface area contributed by atoms with Gasteiger partial charge in [-0.1, -0.05) is 10.3 Å². The first kappa shape index (κ1) is 9.61. The maximum Gasteiger partial charge on any atom is 0.183 e. The predicted molar refractivity (Wildman–Crippen MR) is 40.0 cm³/mol. The Balaban J connectivity index is 4.54. The summed E-state index contributed by atoms with van der Waals surface area (Å²) < 4.78 is 0. The maximum absolute atomic E-state index is 10.7. The molecule has 5 heteroatoms. The molecular formula is C6H10N2O3. The van der Waals surface area contributed by atoms with Crippen LogP contribution in [0, 0.1) is 0 Å². The van der Waals surface area contributed by atoms with Gasteiger partial charge in [-0.2, -0.15) is 0 Å². The smallest absolute Gasteiger partial charge is 0.183 e. The largest absolute Gasteiger partial charge is 0.410 e. The van der Waals surface area contributed by atoms with Crippen LogP contribution in [0.5, 0.6) is 0 Å². The highest BCUT2D eigenvalue weighted by molar-refractivity contribution is 6.66. The summed E-state index contributed by atoms with van der Waals surface area (Å²) in [5, 5.41) is 14.5. The second-order valence-electron chi connectivity index (χ2n) is 1.86. The highest BCUT2D eigenvalue weighted by Crippen LogP contribution is 1.86. The Hall–Kier alpha value is -1.39. The first-order valence-corrected chi connectivity index (χ1v) is 2.94. The molecule has 0 saturated carbocycles. The van der Waals surface area contributed by atoms with Crippen molar-refractivity contribution in [2.45, 2.75) is 13.8 Å². The maximum atomic E-state index is 10.7. The number of rotatable bonds is 3. The summed E-state index contributed by atoms with van der Waals surface area (Å²) in [4.78, 5) is 15.0. The van der Waals surface area contributed by atoms with Gasteiger partial charge in [-0.05, 0) is 6.92 Å². The molecule has 0 heterocycles. The number of carbonyl (C=O) groups is 1. The van der Waals surface area contributed by atoms with Gasteiger partial charge in [0.05, 0.1) is 0 Å². The fourth-order valence-electron chi connectivity index (χ4n) is 0.578. The third-order valence-corrected chi connectivity index (χ3v) is 1.00. The minimum atomic E-state index is -0.356. The predicted octanol–water partition coefficient (Wildman–Crippen LogP) is 0.428. The second-order valence-corrected chi connectivity index (χ2v) is 1.86. The zero-order valence-electron chi connectivity index (χ0n) is 6.66. The van der Waals surface area contributed by atoms with Gasteiger partial charge < -0.3 is 10.0 Å². The number of hydrogen-bond donors (Lipinski definition) is 1. The van der Waals surface area contributed by atoms with Gasteiger partial charge in [-0.25, -0.2) is 0 Å². The van der Waals surface area contributed by atoms with E-state index in [0.29, 0.717) is 0 Å². The lowest BCUT2D eigenvalue weighted by molar-refractivity contribution is -0.111. The van der Waals surface area contributed by atoms with Crippen LogP contribution in [0.2, 0.25) is 0 Å². The molecule has 0 saturated heterocycles. The van der Waals surface area contributed by atoms with Crippen LogP contribution in [0.4, 0.5) is 0 Å². The van der Waals surface area contributed by atoms with Crippen LogP contribution in [0.3, 0.4) is 0 Å². The molecule has 0 atom stereocenters. The van der Waals surface area contributed by atoms with Gasteiger partial charge in [-0.15, -0.1) is 0 Å². The van der Waals surface area contributed by atoms with Crippen LogP contribution in [-0.4, -0.2) is 29.5 Å². The zero-order chi connectivity index (χ0) is 8.85. The minimum Gasteiger partial charge on any atom is -0.410 e. The van der Waals surface area contributed by atoms with E-state index in [2.05, 4.69) is 15.1 Å². The third-order valence-electron chi connectivity index (χ3n) is 1.00. The van der Waals surface area contributed by atoms with E-state index < -0.39 is 0 Å². The number of ketones is 1. The summed E-state index contributed by atoms with van der Waals surface area (Å²) in [7, 11) is 1.35. The van der Waals surface area contributed by atoms with E-state index in [1.807, 2.05) is 0 Å². The van der Waals surface area contributed by atoms with Gasteiger partial charge >= 0.3 is 0 Å². The number of carbonyl (C=O) groups excluding carboxylic acids is 1. The van der Waals surface area contributed by atoms with E-state index in [9.17, 15) is 4.79 Å². The summed E-state index contributed by atoms with van der Waals surface area (Å²) in [6, 6.07) is 0. The third kappa shape index (κ3) is 2.79. The van der Waals surface area contributed by atoms with E-state index in [-0.39, 0.29) is 17.2 Å². The van der Waals surface area contributed by atoms with Crippen molar-refractivity contribution in [1.29, 1.82) is 0 Å². The van der Waals surface area contributed by atoms with Crippen LogP contribution in [0.1, 0.15) is 13.8 Å². The first-order valence-electron chi connectivity index (χ1n) is 2.94. The molecule has 0 fully saturated rings. The normalized spacial score (nSPS) is 13.0. The molecule has 0 rings (SSSR count). The fourth-order valence-corrected chi connectivity index (χ4v) is 0.578. The molecule has 1 N–H and O–H groups in total. The molecule has 0 radical (unpaired) electrons. The average Bonchev–Trinajstić information content (AvgIpc) is 1.88. The second kappa shape index (κ2) is 4.43. The fraction of sp³-hybridized carbons (Fsp3) is 0.500. The van der Waals surface area contributed by atoms with Crippen molar-refractivity contribution in [3.63, 3.8) is 0 Å². The van der Waals surface area contributed by atoms with Crippen LogP contribution in [-0.2, 0) is 9.63 Å². The Morgan fingerprint density at radius 3 is 2.27 bits per heavy atom. The Morgan fingerprint density at radius 2 is 2.00 bits per heavy atom. The van der Waals surface area contributed by atoms with Crippen LogP contribution in [0.15, 0.2) is 10.3 Å². The zero-order valence-corrected chi connectivity index (χ0v) is 6.66. The Kier molecular flexibility index (Phi) is 3.87. The lowest BCUT2D eigenvalue weighted by Crippen LogP contribution is -2.19. The lowest BCUT2D eigenvalue weighted by Gasteiger charge is -1.96. The highest BCUT2D eigenvalue weighted by atomic mass is 16.6. The van der Waals surface area contributed by atoms with Crippen LogP contribution in [0.25, 0.3) is 0 Å². The van der Waals surface area contributed by atoms with E-state index >= 15 is 0 Å². The molecule has 0 bridgehead atoms. The molecule has 0 aromatic heterocycles. The summed E-state index contributed by atoms with van der Waals surface area (Å²) in [5.41, 5.74) is 0.161. The monoisotopic (exact) mass is 158 g/mol. The molecule has 0 unspecified atom stereocenters. The average molecular weight is 158 g/mol. The van der Waals surface area contributed by atoms with Gasteiger partial charge in [0.15, 0.2) is 11.5 Å². The molecule has 11 heavy (non-hydrogen) atoms. The Labute approximate surface area is 64.3 Å². The van der Waals surface area contributed by atoms with Crippen LogP contribution < -0.4 is 0 Å². The molecule has 0 spiro atoms. The van der Waals surface area contributed by atoms with Gasteiger partial charge in [0.25, 0.3) is 0 Å². The first-order chi connectivity index (χ1) is 5.13. The standard InChI is InChI=1S/C6H10N2O3/c1-4(8-11-3)6(7-10)5(2)9/h10H,1-3H3/b7-6-,8-4+. The number of hydrogen-bond acceptors (Lipinski definition) is 5. The molecule has 0 aliphatic rings. The molecule has 0 aromatic carbocycles. The summed E-state index contributed by atoms with van der Waals surface area (Å²) in [5.74, 6) is -0.356. The quantitative estimate of drug-likeness (QED) is 0.367. The summed E-state index contributed by atoms with van der Waals surface area (Å²) in [6.45, 7) is 2.80. The Bertz CT molecular complexity index is 208. The number of oxime groups is 2. The van der Waals surface area contributed by atoms with Crippen molar-refractivity contribution in [3.8, 4) is 0 Å². The van der Waals surface area contributed by atoms with Gasteiger partial charge in [-0.3, -0.25) is 4.79 Å². The lowest BCUT2D eigenvalue weighted by atomic mass is 10.2.